The SMILES string of the molecule is CCS(=O)(=O)N(CC(=O)NN)c1cc(C(F)(F)F)ccc1Cl. The third-order valence-corrected chi connectivity index (χ3v) is 4.74. The number of hydrogen-bond donors (Lipinski definition) is 2. The number of hydrazine groups is 1. The molecule has 1 aromatic carbocycles. The molecule has 1 amide bonds. The van der Waals surface area contributed by atoms with Crippen molar-refractivity contribution in [3.63, 3.8) is 0 Å². The molecule has 0 spiro atoms. The second-order valence-electron chi connectivity index (χ2n) is 4.14. The number of amides is 1. The molecule has 11 heteroatoms. The van der Waals surface area contributed by atoms with E-state index in [2.05, 4.69) is 0 Å². The molecule has 1 aromatic rings. The number of rotatable bonds is 5. The Labute approximate surface area is 130 Å². The van der Waals surface area contributed by atoms with Crippen LogP contribution in [0.4, 0.5) is 18.9 Å². The van der Waals surface area contributed by atoms with Crippen LogP contribution in [0.3, 0.4) is 0 Å². The lowest BCUT2D eigenvalue weighted by Gasteiger charge is -2.24. The zero-order chi connectivity index (χ0) is 17.1. The quantitative estimate of drug-likeness (QED) is 0.473. The average molecular weight is 360 g/mol. The van der Waals surface area contributed by atoms with Crippen LogP contribution >= 0.6 is 11.6 Å². The molecule has 22 heavy (non-hydrogen) atoms. The maximum Gasteiger partial charge on any atom is 0.416 e. The fourth-order valence-corrected chi connectivity index (χ4v) is 2.89. The fourth-order valence-electron chi connectivity index (χ4n) is 1.55. The van der Waals surface area contributed by atoms with E-state index in [4.69, 9.17) is 17.4 Å². The van der Waals surface area contributed by atoms with E-state index in [0.717, 1.165) is 6.07 Å². The summed E-state index contributed by atoms with van der Waals surface area (Å²) in [5.41, 5.74) is 0.186. The zero-order valence-electron chi connectivity index (χ0n) is 11.3. The third-order valence-electron chi connectivity index (χ3n) is 2.69. The highest BCUT2D eigenvalue weighted by Crippen LogP contribution is 2.36. The number of nitrogens with one attached hydrogen (secondary N) is 1. The maximum absolute atomic E-state index is 12.8. The number of nitrogens with zero attached hydrogens (tertiary/aromatic N) is 1. The summed E-state index contributed by atoms with van der Waals surface area (Å²) < 4.78 is 62.8. The van der Waals surface area contributed by atoms with Crippen LogP contribution in [0, 0.1) is 0 Å². The van der Waals surface area contributed by atoms with Crippen molar-refractivity contribution >= 4 is 33.2 Å². The first-order valence-corrected chi connectivity index (χ1v) is 7.88. The van der Waals surface area contributed by atoms with Gasteiger partial charge in [-0.15, -0.1) is 0 Å². The number of nitrogens with two attached hydrogens (primary N) is 1. The maximum atomic E-state index is 12.8. The highest BCUT2D eigenvalue weighted by Gasteiger charge is 2.33. The summed E-state index contributed by atoms with van der Waals surface area (Å²) in [6.45, 7) is 0.498. The summed E-state index contributed by atoms with van der Waals surface area (Å²) in [5, 5.41) is -0.241. The summed E-state index contributed by atoms with van der Waals surface area (Å²) in [6, 6.07) is 2.20. The molecule has 0 aliphatic rings. The Hall–Kier alpha value is -1.52. The van der Waals surface area contributed by atoms with Gasteiger partial charge < -0.3 is 0 Å². The largest absolute Gasteiger partial charge is 0.416 e. The van der Waals surface area contributed by atoms with Crippen molar-refractivity contribution in [2.45, 2.75) is 13.1 Å². The van der Waals surface area contributed by atoms with E-state index < -0.39 is 45.7 Å². The van der Waals surface area contributed by atoms with Gasteiger partial charge in [0.1, 0.15) is 6.54 Å². The van der Waals surface area contributed by atoms with Crippen molar-refractivity contribution in [2.24, 2.45) is 5.84 Å². The minimum atomic E-state index is -4.68. The Morgan fingerprint density at radius 2 is 2.00 bits per heavy atom. The number of benzene rings is 1. The third kappa shape index (κ3) is 4.24. The van der Waals surface area contributed by atoms with E-state index in [1.807, 2.05) is 0 Å². The Bertz CT molecular complexity index is 664. The predicted molar refractivity (Wildman–Crippen MR) is 75.6 cm³/mol. The number of carbonyl (C=O) groups is 1. The van der Waals surface area contributed by atoms with Gasteiger partial charge in [0, 0.05) is 0 Å². The van der Waals surface area contributed by atoms with Gasteiger partial charge >= 0.3 is 6.18 Å². The van der Waals surface area contributed by atoms with E-state index in [9.17, 15) is 26.4 Å². The molecule has 0 aromatic heterocycles. The zero-order valence-corrected chi connectivity index (χ0v) is 12.9. The summed E-state index contributed by atoms with van der Waals surface area (Å²) in [7, 11) is -4.04. The van der Waals surface area contributed by atoms with E-state index in [1.54, 1.807) is 5.43 Å². The minimum Gasteiger partial charge on any atom is -0.293 e. The molecule has 0 heterocycles. The number of anilines is 1. The van der Waals surface area contributed by atoms with Crippen molar-refractivity contribution in [3.8, 4) is 0 Å². The topological polar surface area (TPSA) is 92.5 Å². The van der Waals surface area contributed by atoms with Gasteiger partial charge in [-0.3, -0.25) is 14.5 Å². The molecule has 3 N–H and O–H groups in total. The number of alkyl halides is 3. The van der Waals surface area contributed by atoms with Crippen LogP contribution in [0.15, 0.2) is 18.2 Å². The van der Waals surface area contributed by atoms with Crippen molar-refractivity contribution < 1.29 is 26.4 Å². The van der Waals surface area contributed by atoms with E-state index in [1.165, 1.54) is 6.92 Å². The standard InChI is InChI=1S/C11H13ClF3N3O3S/c1-2-22(20,21)18(6-10(19)17-16)9-5-7(11(13,14)15)3-4-8(9)12/h3-5H,2,6,16H2,1H3,(H,17,19). The summed E-state index contributed by atoms with van der Waals surface area (Å²) >= 11 is 5.79. The fraction of sp³-hybridized carbons (Fsp3) is 0.364. The Morgan fingerprint density at radius 3 is 2.45 bits per heavy atom. The normalized spacial score (nSPS) is 12.1. The minimum absolute atomic E-state index is 0.241. The predicted octanol–water partition coefficient (Wildman–Crippen LogP) is 1.50. The van der Waals surface area contributed by atoms with Crippen LogP contribution in [0.5, 0.6) is 0 Å². The molecule has 0 radical (unpaired) electrons. The van der Waals surface area contributed by atoms with Crippen molar-refractivity contribution in [1.29, 1.82) is 0 Å². The summed E-state index contributed by atoms with van der Waals surface area (Å²) in [5.74, 6) is 3.56. The van der Waals surface area contributed by atoms with Crippen LogP contribution in [0.2, 0.25) is 5.02 Å². The van der Waals surface area contributed by atoms with Crippen LogP contribution in [0.1, 0.15) is 12.5 Å². The van der Waals surface area contributed by atoms with Gasteiger partial charge in [0.05, 0.1) is 22.0 Å². The Morgan fingerprint density at radius 1 is 1.41 bits per heavy atom. The second kappa shape index (κ2) is 6.71. The Kier molecular flexibility index (Phi) is 5.65. The van der Waals surface area contributed by atoms with Gasteiger partial charge in [-0.2, -0.15) is 13.2 Å². The number of hydrogen-bond acceptors (Lipinski definition) is 4. The molecule has 0 saturated heterocycles. The van der Waals surface area contributed by atoms with Crippen LogP contribution in [0.25, 0.3) is 0 Å². The summed E-state index contributed by atoms with van der Waals surface area (Å²) in [6.07, 6.45) is -4.68. The van der Waals surface area contributed by atoms with E-state index in [0.29, 0.717) is 16.4 Å². The molecule has 0 atom stereocenters. The highest BCUT2D eigenvalue weighted by atomic mass is 35.5. The number of halogens is 4. The molecule has 6 nitrogen and oxygen atoms in total. The molecule has 1 rings (SSSR count). The van der Waals surface area contributed by atoms with Crippen LogP contribution in [-0.4, -0.2) is 26.6 Å². The molecule has 124 valence electrons. The van der Waals surface area contributed by atoms with Crippen molar-refractivity contribution in [2.75, 3.05) is 16.6 Å². The smallest absolute Gasteiger partial charge is 0.293 e. The average Bonchev–Trinajstić information content (AvgIpc) is 2.43. The van der Waals surface area contributed by atoms with Gasteiger partial charge in [-0.25, -0.2) is 14.3 Å². The molecule has 0 bridgehead atoms. The van der Waals surface area contributed by atoms with Crippen LogP contribution < -0.4 is 15.6 Å². The lowest BCUT2D eigenvalue weighted by atomic mass is 10.2. The van der Waals surface area contributed by atoms with Gasteiger partial charge in [0.25, 0.3) is 5.91 Å². The molecule has 0 unspecified atom stereocenters. The van der Waals surface area contributed by atoms with Crippen molar-refractivity contribution in [1.82, 2.24) is 5.43 Å². The van der Waals surface area contributed by atoms with Crippen molar-refractivity contribution in [3.05, 3.63) is 28.8 Å². The van der Waals surface area contributed by atoms with E-state index >= 15 is 0 Å². The number of sulfonamides is 1. The molecule has 0 aliphatic carbocycles. The molecular formula is C11H13ClF3N3O3S. The van der Waals surface area contributed by atoms with E-state index in [-0.39, 0.29) is 5.02 Å². The Balaban J connectivity index is 3.45. The molecule has 0 saturated carbocycles. The first kappa shape index (κ1) is 18.5. The molecule has 0 fully saturated rings. The number of carbonyl (C=O) groups excluding carboxylic acids is 1. The highest BCUT2D eigenvalue weighted by molar-refractivity contribution is 7.92. The lowest BCUT2D eigenvalue weighted by molar-refractivity contribution is -0.137. The summed E-state index contributed by atoms with van der Waals surface area (Å²) in [4.78, 5) is 11.3. The first-order valence-electron chi connectivity index (χ1n) is 5.89. The second-order valence-corrected chi connectivity index (χ2v) is 6.73. The first-order chi connectivity index (χ1) is 10.0. The molecular weight excluding hydrogens is 347 g/mol. The van der Waals surface area contributed by atoms with Gasteiger partial charge in [-0.1, -0.05) is 11.6 Å². The van der Waals surface area contributed by atoms with Gasteiger partial charge in [-0.05, 0) is 25.1 Å². The lowest BCUT2D eigenvalue weighted by Crippen LogP contribution is -2.43. The molecule has 0 aliphatic heterocycles. The van der Waals surface area contributed by atoms with Crippen LogP contribution in [-0.2, 0) is 21.0 Å². The monoisotopic (exact) mass is 359 g/mol. The van der Waals surface area contributed by atoms with Gasteiger partial charge in [0.15, 0.2) is 0 Å². The van der Waals surface area contributed by atoms with Gasteiger partial charge in [0.2, 0.25) is 10.0 Å².